The van der Waals surface area contributed by atoms with E-state index in [4.69, 9.17) is 0 Å². The van der Waals surface area contributed by atoms with Crippen molar-refractivity contribution < 1.29 is 4.39 Å². The summed E-state index contributed by atoms with van der Waals surface area (Å²) in [5, 5.41) is 13.6. The van der Waals surface area contributed by atoms with Crippen LogP contribution in [-0.4, -0.2) is 31.7 Å². The van der Waals surface area contributed by atoms with Gasteiger partial charge in [0, 0.05) is 23.3 Å². The van der Waals surface area contributed by atoms with E-state index in [1.54, 1.807) is 16.8 Å². The summed E-state index contributed by atoms with van der Waals surface area (Å²) < 4.78 is 15.2. The number of benzene rings is 3. The van der Waals surface area contributed by atoms with E-state index in [2.05, 4.69) is 50.5 Å². The zero-order chi connectivity index (χ0) is 24.8. The number of aromatic amines is 1. The largest absolute Gasteiger partial charge is 0.357 e. The van der Waals surface area contributed by atoms with Gasteiger partial charge in [-0.15, -0.1) is 5.10 Å². The third kappa shape index (κ3) is 3.84. The van der Waals surface area contributed by atoms with Crippen molar-refractivity contribution in [1.29, 1.82) is 0 Å². The fourth-order valence-corrected chi connectivity index (χ4v) is 5.06. The molecule has 0 aliphatic carbocycles. The SMILES string of the molecule is Cc1cc2cc([C@H](c3nnnn3Cc3ccc(F)cc3)N3CCc4ccccc43)c(=O)[nH]c2cc1C. The van der Waals surface area contributed by atoms with Gasteiger partial charge in [-0.3, -0.25) is 4.79 Å². The highest BCUT2D eigenvalue weighted by molar-refractivity contribution is 5.81. The van der Waals surface area contributed by atoms with Crippen LogP contribution in [0.15, 0.2) is 71.5 Å². The number of aryl methyl sites for hydroxylation is 2. The highest BCUT2D eigenvalue weighted by Crippen LogP contribution is 2.37. The summed E-state index contributed by atoms with van der Waals surface area (Å²) in [7, 11) is 0. The van der Waals surface area contributed by atoms with Gasteiger partial charge in [0.1, 0.15) is 11.9 Å². The molecule has 2 aromatic heterocycles. The Hall–Kier alpha value is -4.33. The minimum absolute atomic E-state index is 0.170. The molecule has 7 nitrogen and oxygen atoms in total. The molecule has 0 saturated carbocycles. The second-order valence-electron chi connectivity index (χ2n) is 9.37. The molecule has 3 aromatic carbocycles. The molecule has 6 rings (SSSR count). The van der Waals surface area contributed by atoms with E-state index in [0.717, 1.165) is 46.2 Å². The molecule has 0 amide bonds. The van der Waals surface area contributed by atoms with Gasteiger partial charge in [0.05, 0.1) is 6.54 Å². The van der Waals surface area contributed by atoms with Crippen molar-refractivity contribution in [3.05, 3.63) is 117 Å². The van der Waals surface area contributed by atoms with Crippen molar-refractivity contribution in [1.82, 2.24) is 25.2 Å². The third-order valence-corrected chi connectivity index (χ3v) is 7.07. The first-order valence-electron chi connectivity index (χ1n) is 12.0. The molecule has 1 aliphatic heterocycles. The molecule has 0 saturated heterocycles. The summed E-state index contributed by atoms with van der Waals surface area (Å²) >= 11 is 0. The quantitative estimate of drug-likeness (QED) is 0.402. The van der Waals surface area contributed by atoms with Gasteiger partial charge in [0.25, 0.3) is 5.56 Å². The predicted octanol–water partition coefficient (Wildman–Crippen LogP) is 4.47. The van der Waals surface area contributed by atoms with E-state index in [0.29, 0.717) is 17.9 Å². The summed E-state index contributed by atoms with van der Waals surface area (Å²) in [5.41, 5.74) is 6.66. The molecule has 0 spiro atoms. The molecule has 3 heterocycles. The first-order valence-corrected chi connectivity index (χ1v) is 12.0. The van der Waals surface area contributed by atoms with Crippen molar-refractivity contribution >= 4 is 16.6 Å². The molecule has 36 heavy (non-hydrogen) atoms. The molecule has 8 heteroatoms. The molecular weight excluding hydrogens is 455 g/mol. The number of hydrogen-bond donors (Lipinski definition) is 1. The molecular formula is C28H25FN6O. The monoisotopic (exact) mass is 480 g/mol. The topological polar surface area (TPSA) is 79.7 Å². The minimum atomic E-state index is -0.501. The Bertz CT molecular complexity index is 1640. The van der Waals surface area contributed by atoms with Gasteiger partial charge in [-0.05, 0) is 94.7 Å². The van der Waals surface area contributed by atoms with Gasteiger partial charge >= 0.3 is 0 Å². The van der Waals surface area contributed by atoms with Gasteiger partial charge in [0.15, 0.2) is 5.82 Å². The highest BCUT2D eigenvalue weighted by Gasteiger charge is 2.34. The van der Waals surface area contributed by atoms with Crippen LogP contribution in [0.5, 0.6) is 0 Å². The second kappa shape index (κ2) is 8.71. The van der Waals surface area contributed by atoms with Crippen LogP contribution in [-0.2, 0) is 13.0 Å². The van der Waals surface area contributed by atoms with Gasteiger partial charge in [-0.2, -0.15) is 0 Å². The zero-order valence-electron chi connectivity index (χ0n) is 20.1. The smallest absolute Gasteiger partial charge is 0.254 e. The summed E-state index contributed by atoms with van der Waals surface area (Å²) in [6.07, 6.45) is 0.871. The predicted molar refractivity (Wildman–Crippen MR) is 137 cm³/mol. The molecule has 1 atom stereocenters. The molecule has 5 aromatic rings. The van der Waals surface area contributed by atoms with Crippen LogP contribution in [0, 0.1) is 19.7 Å². The first kappa shape index (κ1) is 22.2. The Morgan fingerprint density at radius 2 is 1.81 bits per heavy atom. The molecule has 0 radical (unpaired) electrons. The molecule has 1 N–H and O–H groups in total. The number of H-pyrrole nitrogens is 1. The maximum atomic E-state index is 13.5. The lowest BCUT2D eigenvalue weighted by Gasteiger charge is -2.29. The van der Waals surface area contributed by atoms with Gasteiger partial charge in [0.2, 0.25) is 0 Å². The summed E-state index contributed by atoms with van der Waals surface area (Å²) in [6.45, 7) is 5.20. The lowest BCUT2D eigenvalue weighted by Crippen LogP contribution is -2.34. The van der Waals surface area contributed by atoms with Crippen molar-refractivity contribution in [3.63, 3.8) is 0 Å². The molecule has 0 bridgehead atoms. The van der Waals surface area contributed by atoms with Gasteiger partial charge < -0.3 is 9.88 Å². The van der Waals surface area contributed by atoms with Crippen LogP contribution < -0.4 is 10.5 Å². The van der Waals surface area contributed by atoms with E-state index in [1.165, 1.54) is 17.7 Å². The van der Waals surface area contributed by atoms with Crippen LogP contribution >= 0.6 is 0 Å². The number of hydrogen-bond acceptors (Lipinski definition) is 5. The van der Waals surface area contributed by atoms with E-state index in [-0.39, 0.29) is 11.4 Å². The number of pyridine rings is 1. The Morgan fingerprint density at radius 1 is 1.03 bits per heavy atom. The number of anilines is 1. The average Bonchev–Trinajstić information content (AvgIpc) is 3.50. The van der Waals surface area contributed by atoms with Crippen LogP contribution in [0.3, 0.4) is 0 Å². The van der Waals surface area contributed by atoms with E-state index >= 15 is 0 Å². The summed E-state index contributed by atoms with van der Waals surface area (Å²) in [4.78, 5) is 18.8. The number of nitrogens with one attached hydrogen (secondary N) is 1. The van der Waals surface area contributed by atoms with Crippen molar-refractivity contribution in [2.45, 2.75) is 32.9 Å². The number of rotatable bonds is 5. The average molecular weight is 481 g/mol. The van der Waals surface area contributed by atoms with E-state index in [1.807, 2.05) is 31.2 Å². The van der Waals surface area contributed by atoms with Crippen LogP contribution in [0.25, 0.3) is 10.9 Å². The standard InChI is InChI=1S/C28H25FN6O/c1-17-13-21-15-23(28(36)30-24(21)14-18(17)2)26(34-12-11-20-5-3-4-6-25(20)34)27-31-32-33-35(27)16-19-7-9-22(29)10-8-19/h3-10,13-15,26H,11-12,16H2,1-2H3,(H,30,36)/t26-/m1/s1. The number of aromatic nitrogens is 5. The number of nitrogens with zero attached hydrogens (tertiary/aromatic N) is 5. The lowest BCUT2D eigenvalue weighted by molar-refractivity contribution is 0.576. The molecule has 0 fully saturated rings. The fraction of sp³-hybridized carbons (Fsp3) is 0.214. The van der Waals surface area contributed by atoms with Crippen molar-refractivity contribution in [2.24, 2.45) is 0 Å². The van der Waals surface area contributed by atoms with Crippen molar-refractivity contribution in [2.75, 3.05) is 11.4 Å². The third-order valence-electron chi connectivity index (χ3n) is 7.07. The maximum Gasteiger partial charge on any atom is 0.254 e. The summed E-state index contributed by atoms with van der Waals surface area (Å²) in [6, 6.07) is 20.1. The zero-order valence-corrected chi connectivity index (χ0v) is 20.1. The lowest BCUT2D eigenvalue weighted by atomic mass is 10.0. The molecule has 1 aliphatic rings. The fourth-order valence-electron chi connectivity index (χ4n) is 5.06. The second-order valence-corrected chi connectivity index (χ2v) is 9.37. The van der Waals surface area contributed by atoms with E-state index < -0.39 is 6.04 Å². The number of tetrazole rings is 1. The van der Waals surface area contributed by atoms with Crippen molar-refractivity contribution in [3.8, 4) is 0 Å². The van der Waals surface area contributed by atoms with Crippen LogP contribution in [0.2, 0.25) is 0 Å². The Morgan fingerprint density at radius 3 is 2.64 bits per heavy atom. The summed E-state index contributed by atoms with van der Waals surface area (Å²) in [5.74, 6) is 0.264. The maximum absolute atomic E-state index is 13.5. The normalized spacial score (nSPS) is 13.8. The van der Waals surface area contributed by atoms with Gasteiger partial charge in [-0.1, -0.05) is 30.3 Å². The Labute approximate surface area is 207 Å². The Kier molecular flexibility index (Phi) is 5.36. The van der Waals surface area contributed by atoms with E-state index in [9.17, 15) is 9.18 Å². The molecule has 0 unspecified atom stereocenters. The first-order chi connectivity index (χ1) is 17.5. The highest BCUT2D eigenvalue weighted by atomic mass is 19.1. The van der Waals surface area contributed by atoms with Gasteiger partial charge in [-0.25, -0.2) is 9.07 Å². The Balaban J connectivity index is 1.52. The van der Waals surface area contributed by atoms with Crippen LogP contribution in [0.4, 0.5) is 10.1 Å². The number of para-hydroxylation sites is 1. The molecule has 180 valence electrons. The number of halogens is 1. The minimum Gasteiger partial charge on any atom is -0.357 e. The number of fused-ring (bicyclic) bond motifs is 2. The van der Waals surface area contributed by atoms with Crippen LogP contribution in [0.1, 0.15) is 39.7 Å².